The average molecular weight is 247 g/mol. The van der Waals surface area contributed by atoms with Crippen LogP contribution in [0.2, 0.25) is 0 Å². The molecular weight excluding hydrogens is 234 g/mol. The molecule has 0 fully saturated rings. The molecule has 19 heavy (non-hydrogen) atoms. The maximum absolute atomic E-state index is 12.7. The zero-order valence-electron chi connectivity index (χ0n) is 10.6. The van der Waals surface area contributed by atoms with Gasteiger partial charge in [-0.3, -0.25) is 9.78 Å². The topological polar surface area (TPSA) is 30.0 Å². The van der Waals surface area contributed by atoms with E-state index in [9.17, 15) is 4.79 Å². The minimum Gasteiger partial charge on any atom is -0.289 e. The highest BCUT2D eigenvalue weighted by Crippen LogP contribution is 2.21. The van der Waals surface area contributed by atoms with Crippen LogP contribution in [0.4, 0.5) is 0 Å². The van der Waals surface area contributed by atoms with Gasteiger partial charge in [0.05, 0.1) is 0 Å². The molecule has 0 aliphatic heterocycles. The van der Waals surface area contributed by atoms with Crippen molar-refractivity contribution in [2.45, 2.75) is 6.92 Å². The Bertz CT molecular complexity index is 757. The van der Waals surface area contributed by atoms with Crippen LogP contribution in [-0.4, -0.2) is 10.8 Å². The Morgan fingerprint density at radius 1 is 0.947 bits per heavy atom. The van der Waals surface area contributed by atoms with Crippen molar-refractivity contribution < 1.29 is 4.79 Å². The van der Waals surface area contributed by atoms with Gasteiger partial charge in [0, 0.05) is 28.9 Å². The minimum absolute atomic E-state index is 0.0647. The lowest BCUT2D eigenvalue weighted by atomic mass is 9.96. The normalized spacial score (nSPS) is 10.6. The Balaban J connectivity index is 2.20. The summed E-state index contributed by atoms with van der Waals surface area (Å²) in [4.78, 5) is 16.8. The third-order valence-electron chi connectivity index (χ3n) is 3.32. The fourth-order valence-electron chi connectivity index (χ4n) is 2.29. The van der Waals surface area contributed by atoms with E-state index in [0.29, 0.717) is 0 Å². The zero-order chi connectivity index (χ0) is 13.2. The van der Waals surface area contributed by atoms with Crippen LogP contribution >= 0.6 is 0 Å². The molecule has 92 valence electrons. The quantitative estimate of drug-likeness (QED) is 0.645. The van der Waals surface area contributed by atoms with Crippen LogP contribution in [0.25, 0.3) is 10.8 Å². The molecule has 0 spiro atoms. The Morgan fingerprint density at radius 2 is 1.74 bits per heavy atom. The third-order valence-corrected chi connectivity index (χ3v) is 3.32. The Hall–Kier alpha value is -2.48. The second-order valence-corrected chi connectivity index (χ2v) is 4.55. The maximum atomic E-state index is 12.7. The van der Waals surface area contributed by atoms with E-state index in [1.807, 2.05) is 55.5 Å². The van der Waals surface area contributed by atoms with Gasteiger partial charge in [0.25, 0.3) is 0 Å². The molecule has 1 aromatic heterocycles. The van der Waals surface area contributed by atoms with Gasteiger partial charge >= 0.3 is 0 Å². The number of rotatable bonds is 2. The molecule has 2 heteroatoms. The highest BCUT2D eigenvalue weighted by atomic mass is 16.1. The van der Waals surface area contributed by atoms with Gasteiger partial charge in [-0.1, -0.05) is 42.5 Å². The monoisotopic (exact) mass is 247 g/mol. The van der Waals surface area contributed by atoms with Crippen molar-refractivity contribution in [3.8, 4) is 0 Å². The summed E-state index contributed by atoms with van der Waals surface area (Å²) >= 11 is 0. The molecule has 3 aromatic rings. The molecular formula is C17H13NO. The molecule has 3 rings (SSSR count). The Kier molecular flexibility index (Phi) is 2.84. The summed E-state index contributed by atoms with van der Waals surface area (Å²) in [5, 5.41) is 1.94. The predicted molar refractivity (Wildman–Crippen MR) is 76.4 cm³/mol. The van der Waals surface area contributed by atoms with Gasteiger partial charge in [0.2, 0.25) is 0 Å². The standard InChI is InChI=1S/C17H13NO/c1-12-5-2-3-7-14(12)17(19)16-8-4-6-13-11-18-10-9-15(13)16/h2-11H,1H3. The highest BCUT2D eigenvalue weighted by Gasteiger charge is 2.13. The number of aryl methyl sites for hydroxylation is 1. The van der Waals surface area contributed by atoms with Crippen molar-refractivity contribution in [3.05, 3.63) is 77.6 Å². The van der Waals surface area contributed by atoms with Crippen molar-refractivity contribution in [1.82, 2.24) is 4.98 Å². The zero-order valence-corrected chi connectivity index (χ0v) is 10.6. The number of carbonyl (C=O) groups excluding carboxylic acids is 1. The van der Waals surface area contributed by atoms with E-state index in [-0.39, 0.29) is 5.78 Å². The molecule has 0 saturated carbocycles. The molecule has 0 bridgehead atoms. The summed E-state index contributed by atoms with van der Waals surface area (Å²) in [6, 6.07) is 15.3. The van der Waals surface area contributed by atoms with Crippen molar-refractivity contribution in [2.24, 2.45) is 0 Å². The van der Waals surface area contributed by atoms with Gasteiger partial charge in [0.1, 0.15) is 0 Å². The van der Waals surface area contributed by atoms with Crippen molar-refractivity contribution >= 4 is 16.6 Å². The fourth-order valence-corrected chi connectivity index (χ4v) is 2.29. The number of nitrogens with zero attached hydrogens (tertiary/aromatic N) is 1. The predicted octanol–water partition coefficient (Wildman–Crippen LogP) is 3.77. The van der Waals surface area contributed by atoms with Gasteiger partial charge in [-0.05, 0) is 23.9 Å². The number of carbonyl (C=O) groups is 1. The lowest BCUT2D eigenvalue weighted by Gasteiger charge is -2.07. The molecule has 0 amide bonds. The summed E-state index contributed by atoms with van der Waals surface area (Å²) in [6.45, 7) is 1.96. The maximum Gasteiger partial charge on any atom is 0.193 e. The number of benzene rings is 2. The van der Waals surface area contributed by atoms with E-state index < -0.39 is 0 Å². The molecule has 0 aliphatic rings. The third kappa shape index (κ3) is 2.02. The molecule has 1 heterocycles. The molecule has 0 saturated heterocycles. The van der Waals surface area contributed by atoms with Gasteiger partial charge in [-0.25, -0.2) is 0 Å². The summed E-state index contributed by atoms with van der Waals surface area (Å²) in [5.74, 6) is 0.0647. The summed E-state index contributed by atoms with van der Waals surface area (Å²) in [6.07, 6.45) is 3.50. The second-order valence-electron chi connectivity index (χ2n) is 4.55. The Morgan fingerprint density at radius 3 is 2.58 bits per heavy atom. The largest absolute Gasteiger partial charge is 0.289 e. The van der Waals surface area contributed by atoms with E-state index in [4.69, 9.17) is 0 Å². The SMILES string of the molecule is Cc1ccccc1C(=O)c1cccc2cnccc12. The van der Waals surface area contributed by atoms with Crippen LogP contribution in [0.3, 0.4) is 0 Å². The van der Waals surface area contributed by atoms with Gasteiger partial charge in [0.15, 0.2) is 5.78 Å². The molecule has 0 aliphatic carbocycles. The summed E-state index contributed by atoms with van der Waals surface area (Å²) < 4.78 is 0. The number of aromatic nitrogens is 1. The second kappa shape index (κ2) is 4.65. The van der Waals surface area contributed by atoms with E-state index in [0.717, 1.165) is 27.5 Å². The lowest BCUT2D eigenvalue weighted by Crippen LogP contribution is -2.04. The average Bonchev–Trinajstić information content (AvgIpc) is 2.46. The van der Waals surface area contributed by atoms with E-state index >= 15 is 0 Å². The van der Waals surface area contributed by atoms with Crippen LogP contribution in [0, 0.1) is 6.92 Å². The molecule has 2 nitrogen and oxygen atoms in total. The molecule has 0 radical (unpaired) electrons. The first-order chi connectivity index (χ1) is 9.27. The van der Waals surface area contributed by atoms with Gasteiger partial charge in [-0.15, -0.1) is 0 Å². The molecule has 2 aromatic carbocycles. The molecule has 0 N–H and O–H groups in total. The number of fused-ring (bicyclic) bond motifs is 1. The summed E-state index contributed by atoms with van der Waals surface area (Å²) in [7, 11) is 0. The van der Waals surface area contributed by atoms with Gasteiger partial charge in [-0.2, -0.15) is 0 Å². The van der Waals surface area contributed by atoms with Crippen molar-refractivity contribution in [3.63, 3.8) is 0 Å². The van der Waals surface area contributed by atoms with Gasteiger partial charge < -0.3 is 0 Å². The Labute approximate surface area is 111 Å². The molecule has 0 unspecified atom stereocenters. The number of hydrogen-bond acceptors (Lipinski definition) is 2. The van der Waals surface area contributed by atoms with Crippen LogP contribution in [0.15, 0.2) is 60.9 Å². The smallest absolute Gasteiger partial charge is 0.193 e. The minimum atomic E-state index is 0.0647. The fraction of sp³-hybridized carbons (Fsp3) is 0.0588. The van der Waals surface area contributed by atoms with Crippen LogP contribution in [-0.2, 0) is 0 Å². The number of hydrogen-bond donors (Lipinski definition) is 0. The van der Waals surface area contributed by atoms with Crippen LogP contribution in [0.5, 0.6) is 0 Å². The van der Waals surface area contributed by atoms with Crippen LogP contribution in [0.1, 0.15) is 21.5 Å². The number of pyridine rings is 1. The first-order valence-electron chi connectivity index (χ1n) is 6.20. The number of ketones is 1. The first kappa shape index (κ1) is 11.6. The first-order valence-corrected chi connectivity index (χ1v) is 6.20. The van der Waals surface area contributed by atoms with E-state index in [1.54, 1.807) is 12.4 Å². The van der Waals surface area contributed by atoms with Crippen molar-refractivity contribution in [1.29, 1.82) is 0 Å². The highest BCUT2D eigenvalue weighted by molar-refractivity contribution is 6.16. The van der Waals surface area contributed by atoms with Crippen molar-refractivity contribution in [2.75, 3.05) is 0 Å². The summed E-state index contributed by atoms with van der Waals surface area (Å²) in [5.41, 5.74) is 2.49. The van der Waals surface area contributed by atoms with E-state index in [2.05, 4.69) is 4.98 Å². The van der Waals surface area contributed by atoms with E-state index in [1.165, 1.54) is 0 Å². The molecule has 0 atom stereocenters. The lowest BCUT2D eigenvalue weighted by molar-refractivity contribution is 0.103. The van der Waals surface area contributed by atoms with Crippen LogP contribution < -0.4 is 0 Å².